The SMILES string of the molecule is CC1CCc2ccccc2N1C(=O)CCCNC(=O)c1ccc(Cl)cc1. The molecule has 5 heteroatoms. The van der Waals surface area contributed by atoms with Crippen molar-refractivity contribution in [1.82, 2.24) is 5.32 Å². The summed E-state index contributed by atoms with van der Waals surface area (Å²) in [6, 6.07) is 15.1. The van der Waals surface area contributed by atoms with E-state index in [1.165, 1.54) is 5.56 Å². The van der Waals surface area contributed by atoms with E-state index in [0.29, 0.717) is 30.0 Å². The van der Waals surface area contributed by atoms with Gasteiger partial charge in [0.05, 0.1) is 0 Å². The van der Waals surface area contributed by atoms with Gasteiger partial charge in [-0.05, 0) is 62.1 Å². The first-order chi connectivity index (χ1) is 12.6. The van der Waals surface area contributed by atoms with Crippen molar-refractivity contribution in [2.75, 3.05) is 11.4 Å². The average molecular weight is 371 g/mol. The molecule has 1 aliphatic rings. The molecule has 4 nitrogen and oxygen atoms in total. The van der Waals surface area contributed by atoms with E-state index in [2.05, 4.69) is 18.3 Å². The number of benzene rings is 2. The summed E-state index contributed by atoms with van der Waals surface area (Å²) in [5, 5.41) is 3.45. The fourth-order valence-electron chi connectivity index (χ4n) is 3.33. The lowest BCUT2D eigenvalue weighted by molar-refractivity contribution is -0.119. The average Bonchev–Trinajstić information content (AvgIpc) is 2.65. The smallest absolute Gasteiger partial charge is 0.251 e. The molecule has 136 valence electrons. The number of nitrogens with zero attached hydrogens (tertiary/aromatic N) is 1. The summed E-state index contributed by atoms with van der Waals surface area (Å²) < 4.78 is 0. The highest BCUT2D eigenvalue weighted by Crippen LogP contribution is 2.31. The highest BCUT2D eigenvalue weighted by Gasteiger charge is 2.27. The number of anilines is 1. The van der Waals surface area contributed by atoms with E-state index in [4.69, 9.17) is 11.6 Å². The van der Waals surface area contributed by atoms with Crippen molar-refractivity contribution >= 4 is 29.1 Å². The van der Waals surface area contributed by atoms with Crippen LogP contribution < -0.4 is 10.2 Å². The Morgan fingerprint density at radius 2 is 1.88 bits per heavy atom. The van der Waals surface area contributed by atoms with Gasteiger partial charge in [0, 0.05) is 35.3 Å². The van der Waals surface area contributed by atoms with Gasteiger partial charge in [-0.25, -0.2) is 0 Å². The second-order valence-electron chi connectivity index (χ2n) is 6.65. The molecule has 1 atom stereocenters. The van der Waals surface area contributed by atoms with Gasteiger partial charge in [0.15, 0.2) is 0 Å². The number of carbonyl (C=O) groups is 2. The first kappa shape index (κ1) is 18.5. The molecule has 0 aromatic heterocycles. The molecule has 0 radical (unpaired) electrons. The highest BCUT2D eigenvalue weighted by molar-refractivity contribution is 6.30. The molecule has 1 aliphatic heterocycles. The van der Waals surface area contributed by atoms with Gasteiger partial charge in [-0.1, -0.05) is 29.8 Å². The molecule has 0 aliphatic carbocycles. The topological polar surface area (TPSA) is 49.4 Å². The van der Waals surface area contributed by atoms with Gasteiger partial charge in [-0.15, -0.1) is 0 Å². The third-order valence-electron chi connectivity index (χ3n) is 4.75. The van der Waals surface area contributed by atoms with Crippen molar-refractivity contribution in [2.45, 2.75) is 38.6 Å². The lowest BCUT2D eigenvalue weighted by atomic mass is 9.96. The number of aryl methyl sites for hydroxylation is 1. The van der Waals surface area contributed by atoms with E-state index in [-0.39, 0.29) is 17.9 Å². The molecular weight excluding hydrogens is 348 g/mol. The number of halogens is 1. The minimum atomic E-state index is -0.147. The van der Waals surface area contributed by atoms with Gasteiger partial charge in [-0.2, -0.15) is 0 Å². The van der Waals surface area contributed by atoms with E-state index in [1.54, 1.807) is 24.3 Å². The quantitative estimate of drug-likeness (QED) is 0.801. The van der Waals surface area contributed by atoms with E-state index < -0.39 is 0 Å². The Kier molecular flexibility index (Phi) is 5.94. The summed E-state index contributed by atoms with van der Waals surface area (Å²) >= 11 is 5.83. The molecule has 0 fully saturated rings. The van der Waals surface area contributed by atoms with Crippen LogP contribution in [0.4, 0.5) is 5.69 Å². The number of para-hydroxylation sites is 1. The highest BCUT2D eigenvalue weighted by atomic mass is 35.5. The molecule has 2 aromatic carbocycles. The van der Waals surface area contributed by atoms with Crippen molar-refractivity contribution in [2.24, 2.45) is 0 Å². The molecule has 1 unspecified atom stereocenters. The lowest BCUT2D eigenvalue weighted by Crippen LogP contribution is -2.42. The predicted octanol–water partition coefficient (Wildman–Crippen LogP) is 4.22. The van der Waals surface area contributed by atoms with Crippen molar-refractivity contribution in [3.63, 3.8) is 0 Å². The minimum absolute atomic E-state index is 0.116. The van der Waals surface area contributed by atoms with E-state index in [0.717, 1.165) is 18.5 Å². The number of amides is 2. The Hall–Kier alpha value is -2.33. The van der Waals surface area contributed by atoms with Gasteiger partial charge >= 0.3 is 0 Å². The summed E-state index contributed by atoms with van der Waals surface area (Å²) in [4.78, 5) is 26.7. The Labute approximate surface area is 159 Å². The molecule has 1 heterocycles. The van der Waals surface area contributed by atoms with Crippen molar-refractivity contribution in [3.8, 4) is 0 Å². The summed E-state index contributed by atoms with van der Waals surface area (Å²) in [6.45, 7) is 2.56. The zero-order chi connectivity index (χ0) is 18.5. The number of carbonyl (C=O) groups excluding carboxylic acids is 2. The van der Waals surface area contributed by atoms with E-state index in [1.807, 2.05) is 23.1 Å². The molecule has 3 rings (SSSR count). The molecular formula is C21H23ClN2O2. The fourth-order valence-corrected chi connectivity index (χ4v) is 3.46. The van der Waals surface area contributed by atoms with Gasteiger partial charge in [-0.3, -0.25) is 9.59 Å². The Morgan fingerprint density at radius 1 is 1.15 bits per heavy atom. The fraction of sp³-hybridized carbons (Fsp3) is 0.333. The second-order valence-corrected chi connectivity index (χ2v) is 7.08. The largest absolute Gasteiger partial charge is 0.352 e. The van der Waals surface area contributed by atoms with Crippen LogP contribution in [0.15, 0.2) is 48.5 Å². The third-order valence-corrected chi connectivity index (χ3v) is 5.00. The van der Waals surface area contributed by atoms with Crippen LogP contribution in [0.5, 0.6) is 0 Å². The zero-order valence-electron chi connectivity index (χ0n) is 14.9. The van der Waals surface area contributed by atoms with Crippen LogP contribution in [0.1, 0.15) is 42.1 Å². The zero-order valence-corrected chi connectivity index (χ0v) is 15.6. The van der Waals surface area contributed by atoms with Crippen LogP contribution in [-0.4, -0.2) is 24.4 Å². The molecule has 2 amide bonds. The Morgan fingerprint density at radius 3 is 2.65 bits per heavy atom. The van der Waals surface area contributed by atoms with Crippen LogP contribution in [0.3, 0.4) is 0 Å². The number of fused-ring (bicyclic) bond motifs is 1. The van der Waals surface area contributed by atoms with Gasteiger partial charge in [0.25, 0.3) is 5.91 Å². The van der Waals surface area contributed by atoms with Crippen LogP contribution in [0.2, 0.25) is 5.02 Å². The first-order valence-corrected chi connectivity index (χ1v) is 9.38. The van der Waals surface area contributed by atoms with Crippen LogP contribution in [0, 0.1) is 0 Å². The monoisotopic (exact) mass is 370 g/mol. The second kappa shape index (κ2) is 8.37. The summed E-state index contributed by atoms with van der Waals surface area (Å²) in [6.07, 6.45) is 3.03. The molecule has 2 aromatic rings. The maximum Gasteiger partial charge on any atom is 0.251 e. The molecule has 0 spiro atoms. The normalized spacial score (nSPS) is 16.1. The number of hydrogen-bond acceptors (Lipinski definition) is 2. The van der Waals surface area contributed by atoms with Crippen LogP contribution in [-0.2, 0) is 11.2 Å². The third kappa shape index (κ3) is 4.25. The van der Waals surface area contributed by atoms with Crippen LogP contribution in [0.25, 0.3) is 0 Å². The Balaban J connectivity index is 1.51. The number of rotatable bonds is 5. The van der Waals surface area contributed by atoms with Gasteiger partial charge < -0.3 is 10.2 Å². The molecule has 0 bridgehead atoms. The summed E-state index contributed by atoms with van der Waals surface area (Å²) in [7, 11) is 0. The number of hydrogen-bond donors (Lipinski definition) is 1. The van der Waals surface area contributed by atoms with E-state index in [9.17, 15) is 9.59 Å². The first-order valence-electron chi connectivity index (χ1n) is 9.00. The predicted molar refractivity (Wildman–Crippen MR) is 105 cm³/mol. The van der Waals surface area contributed by atoms with Gasteiger partial charge in [0.1, 0.15) is 0 Å². The molecule has 1 N–H and O–H groups in total. The van der Waals surface area contributed by atoms with E-state index >= 15 is 0 Å². The minimum Gasteiger partial charge on any atom is -0.352 e. The van der Waals surface area contributed by atoms with Gasteiger partial charge in [0.2, 0.25) is 5.91 Å². The lowest BCUT2D eigenvalue weighted by Gasteiger charge is -2.35. The van der Waals surface area contributed by atoms with Crippen LogP contribution >= 0.6 is 11.6 Å². The molecule has 26 heavy (non-hydrogen) atoms. The van der Waals surface area contributed by atoms with Crippen molar-refractivity contribution in [1.29, 1.82) is 0 Å². The summed E-state index contributed by atoms with van der Waals surface area (Å²) in [5.74, 6) is -0.0313. The molecule has 0 saturated heterocycles. The standard InChI is InChI=1S/C21H23ClN2O2/c1-15-8-9-16-5-2-3-6-19(16)24(15)20(25)7-4-14-23-21(26)17-10-12-18(22)13-11-17/h2-3,5-6,10-13,15H,4,7-9,14H2,1H3,(H,23,26). The summed E-state index contributed by atoms with van der Waals surface area (Å²) in [5.41, 5.74) is 2.83. The maximum atomic E-state index is 12.7. The maximum absolute atomic E-state index is 12.7. The molecule has 0 saturated carbocycles. The number of nitrogens with one attached hydrogen (secondary N) is 1. The Bertz CT molecular complexity index is 789. The van der Waals surface area contributed by atoms with Crippen molar-refractivity contribution in [3.05, 3.63) is 64.7 Å². The van der Waals surface area contributed by atoms with Crippen molar-refractivity contribution < 1.29 is 9.59 Å².